The van der Waals surface area contributed by atoms with Gasteiger partial charge in [0.25, 0.3) is 5.69 Å². The number of hydrogen-bond donors (Lipinski definition) is 1. The number of carbonyl (C=O) groups is 1. The van der Waals surface area contributed by atoms with Gasteiger partial charge in [0.1, 0.15) is 11.6 Å². The smallest absolute Gasteiger partial charge is 0.321 e. The molecule has 148 valence electrons. The van der Waals surface area contributed by atoms with E-state index in [1.807, 2.05) is 13.0 Å². The van der Waals surface area contributed by atoms with Gasteiger partial charge in [-0.15, -0.1) is 0 Å². The number of non-ortho nitro benzene ring substituents is 1. The minimum absolute atomic E-state index is 0.00692. The number of nitrogens with one attached hydrogen (secondary N) is 1. The molecule has 0 radical (unpaired) electrons. The van der Waals surface area contributed by atoms with Gasteiger partial charge in [-0.1, -0.05) is 13.8 Å². The summed E-state index contributed by atoms with van der Waals surface area (Å²) in [6.07, 6.45) is 0. The summed E-state index contributed by atoms with van der Waals surface area (Å²) in [6, 6.07) is 7.56. The third-order valence-electron chi connectivity index (χ3n) is 4.59. The zero-order valence-corrected chi connectivity index (χ0v) is 16.3. The second-order valence-corrected chi connectivity index (χ2v) is 7.09. The van der Waals surface area contributed by atoms with Crippen molar-refractivity contribution in [3.05, 3.63) is 52.0 Å². The Hall–Kier alpha value is -3.23. The largest absolute Gasteiger partial charge is 0.353 e. The fourth-order valence-electron chi connectivity index (χ4n) is 3.00. The summed E-state index contributed by atoms with van der Waals surface area (Å²) in [5, 5.41) is 13.5. The normalized spacial score (nSPS) is 14.3. The molecule has 1 aliphatic rings. The van der Waals surface area contributed by atoms with Crippen LogP contribution in [0.1, 0.15) is 31.3 Å². The molecule has 28 heavy (non-hydrogen) atoms. The van der Waals surface area contributed by atoms with Crippen molar-refractivity contribution in [2.45, 2.75) is 26.7 Å². The third-order valence-corrected chi connectivity index (χ3v) is 4.59. The molecular formula is C19H24N6O3. The molecule has 0 saturated carbocycles. The van der Waals surface area contributed by atoms with Crippen LogP contribution in [0, 0.1) is 17.0 Å². The lowest BCUT2D eigenvalue weighted by molar-refractivity contribution is -0.384. The number of amides is 2. The van der Waals surface area contributed by atoms with E-state index in [2.05, 4.69) is 34.0 Å². The van der Waals surface area contributed by atoms with Crippen LogP contribution in [0.3, 0.4) is 0 Å². The van der Waals surface area contributed by atoms with Gasteiger partial charge >= 0.3 is 6.03 Å². The average molecular weight is 384 g/mol. The summed E-state index contributed by atoms with van der Waals surface area (Å²) in [6.45, 7) is 8.60. The Morgan fingerprint density at radius 1 is 1.14 bits per heavy atom. The number of carbonyl (C=O) groups excluding carboxylic acids is 1. The lowest BCUT2D eigenvalue weighted by atomic mass is 10.2. The number of nitrogens with zero attached hydrogens (tertiary/aromatic N) is 5. The highest BCUT2D eigenvalue weighted by Crippen LogP contribution is 2.20. The monoisotopic (exact) mass is 384 g/mol. The third kappa shape index (κ3) is 4.54. The number of anilines is 2. The summed E-state index contributed by atoms with van der Waals surface area (Å²) in [5.74, 6) is 1.98. The van der Waals surface area contributed by atoms with Crippen molar-refractivity contribution in [2.24, 2.45) is 0 Å². The number of aryl methyl sites for hydroxylation is 1. The molecule has 1 fully saturated rings. The molecule has 9 nitrogen and oxygen atoms in total. The summed E-state index contributed by atoms with van der Waals surface area (Å²) in [4.78, 5) is 35.7. The van der Waals surface area contributed by atoms with Gasteiger partial charge in [-0.05, 0) is 19.1 Å². The first-order valence-electron chi connectivity index (χ1n) is 9.24. The van der Waals surface area contributed by atoms with E-state index >= 15 is 0 Å². The highest BCUT2D eigenvalue weighted by atomic mass is 16.6. The fraction of sp³-hybridized carbons (Fsp3) is 0.421. The Morgan fingerprint density at radius 3 is 2.36 bits per heavy atom. The minimum atomic E-state index is -0.468. The molecule has 0 bridgehead atoms. The Morgan fingerprint density at radius 2 is 1.79 bits per heavy atom. The van der Waals surface area contributed by atoms with Gasteiger partial charge in [0.05, 0.1) is 4.92 Å². The number of rotatable bonds is 4. The zero-order chi connectivity index (χ0) is 20.3. The van der Waals surface area contributed by atoms with Crippen molar-refractivity contribution >= 4 is 23.2 Å². The number of benzene rings is 1. The van der Waals surface area contributed by atoms with E-state index in [4.69, 9.17) is 0 Å². The molecule has 0 atom stereocenters. The van der Waals surface area contributed by atoms with Crippen LogP contribution in [-0.4, -0.2) is 52.0 Å². The number of piperazine rings is 1. The Balaban J connectivity index is 1.59. The lowest BCUT2D eigenvalue weighted by Gasteiger charge is -2.35. The van der Waals surface area contributed by atoms with Crippen LogP contribution in [0.25, 0.3) is 0 Å². The van der Waals surface area contributed by atoms with E-state index in [-0.39, 0.29) is 17.6 Å². The van der Waals surface area contributed by atoms with Gasteiger partial charge in [0.2, 0.25) is 0 Å². The van der Waals surface area contributed by atoms with E-state index < -0.39 is 4.92 Å². The van der Waals surface area contributed by atoms with Gasteiger partial charge in [-0.2, -0.15) is 0 Å². The summed E-state index contributed by atoms with van der Waals surface area (Å²) < 4.78 is 0. The van der Waals surface area contributed by atoms with Crippen LogP contribution in [0.4, 0.5) is 22.0 Å². The van der Waals surface area contributed by atoms with Crippen LogP contribution in [0.15, 0.2) is 30.3 Å². The van der Waals surface area contributed by atoms with Crippen LogP contribution in [0.5, 0.6) is 0 Å². The predicted molar refractivity (Wildman–Crippen MR) is 107 cm³/mol. The second kappa shape index (κ2) is 8.20. The van der Waals surface area contributed by atoms with E-state index in [1.165, 1.54) is 24.3 Å². The maximum Gasteiger partial charge on any atom is 0.321 e. The molecule has 1 aromatic heterocycles. The van der Waals surface area contributed by atoms with E-state index in [1.54, 1.807) is 4.90 Å². The first kappa shape index (κ1) is 19.5. The summed E-state index contributed by atoms with van der Waals surface area (Å²) in [5.41, 5.74) is 1.46. The van der Waals surface area contributed by atoms with Gasteiger partial charge in [0, 0.05) is 61.7 Å². The molecule has 1 saturated heterocycles. The zero-order valence-electron chi connectivity index (χ0n) is 16.3. The number of urea groups is 1. The molecule has 0 unspecified atom stereocenters. The lowest BCUT2D eigenvalue weighted by Crippen LogP contribution is -2.50. The van der Waals surface area contributed by atoms with Crippen molar-refractivity contribution in [1.82, 2.24) is 14.9 Å². The molecule has 2 amide bonds. The Bertz CT molecular complexity index is 860. The van der Waals surface area contributed by atoms with Gasteiger partial charge in [0.15, 0.2) is 0 Å². The first-order valence-corrected chi connectivity index (χ1v) is 9.24. The molecule has 0 spiro atoms. The molecule has 1 aliphatic heterocycles. The SMILES string of the molecule is Cc1cc(N2CCN(C(=O)Nc3ccc([N+](=O)[O-])cc3)CC2)nc(C(C)C)n1. The van der Waals surface area contributed by atoms with Crippen molar-refractivity contribution < 1.29 is 9.72 Å². The second-order valence-electron chi connectivity index (χ2n) is 7.09. The Kier molecular flexibility index (Phi) is 5.72. The molecular weight excluding hydrogens is 360 g/mol. The molecule has 1 aromatic carbocycles. The van der Waals surface area contributed by atoms with E-state index in [0.29, 0.717) is 31.9 Å². The maximum absolute atomic E-state index is 12.5. The highest BCUT2D eigenvalue weighted by molar-refractivity contribution is 5.89. The van der Waals surface area contributed by atoms with Crippen LogP contribution in [0.2, 0.25) is 0 Å². The van der Waals surface area contributed by atoms with Crippen molar-refractivity contribution in [3.63, 3.8) is 0 Å². The fourth-order valence-corrected chi connectivity index (χ4v) is 3.00. The van der Waals surface area contributed by atoms with Crippen LogP contribution >= 0.6 is 0 Å². The van der Waals surface area contributed by atoms with Crippen LogP contribution < -0.4 is 10.2 Å². The first-order chi connectivity index (χ1) is 13.3. The number of hydrogen-bond acceptors (Lipinski definition) is 6. The number of aromatic nitrogens is 2. The molecule has 3 rings (SSSR count). The van der Waals surface area contributed by atoms with Gasteiger partial charge in [-0.3, -0.25) is 10.1 Å². The summed E-state index contributed by atoms with van der Waals surface area (Å²) >= 11 is 0. The highest BCUT2D eigenvalue weighted by Gasteiger charge is 2.23. The van der Waals surface area contributed by atoms with Crippen LogP contribution in [-0.2, 0) is 0 Å². The average Bonchev–Trinajstić information content (AvgIpc) is 2.68. The minimum Gasteiger partial charge on any atom is -0.353 e. The van der Waals surface area contributed by atoms with Gasteiger partial charge in [-0.25, -0.2) is 14.8 Å². The molecule has 1 N–H and O–H groups in total. The summed E-state index contributed by atoms with van der Waals surface area (Å²) in [7, 11) is 0. The van der Waals surface area contributed by atoms with Crippen molar-refractivity contribution in [3.8, 4) is 0 Å². The van der Waals surface area contributed by atoms with E-state index in [0.717, 1.165) is 17.3 Å². The number of nitro benzene ring substituents is 1. The molecule has 9 heteroatoms. The molecule has 2 heterocycles. The van der Waals surface area contributed by atoms with Gasteiger partial charge < -0.3 is 15.1 Å². The topological polar surface area (TPSA) is 104 Å². The predicted octanol–water partition coefficient (Wildman–Crippen LogP) is 3.17. The number of nitro groups is 1. The van der Waals surface area contributed by atoms with Crippen molar-refractivity contribution in [1.29, 1.82) is 0 Å². The molecule has 0 aliphatic carbocycles. The quantitative estimate of drug-likeness (QED) is 0.641. The Labute approximate surface area is 163 Å². The van der Waals surface area contributed by atoms with E-state index in [9.17, 15) is 14.9 Å². The standard InChI is InChI=1S/C19H24N6O3/c1-13(2)18-20-14(3)12-17(22-18)23-8-10-24(11-9-23)19(26)21-15-4-6-16(7-5-15)25(27)28/h4-7,12-13H,8-11H2,1-3H3,(H,21,26). The maximum atomic E-state index is 12.5. The molecule has 2 aromatic rings. The van der Waals surface area contributed by atoms with Crippen molar-refractivity contribution in [2.75, 3.05) is 36.4 Å².